The standard InChI is InChI=1S/C14H23N5O2/c1-15-14(17-10-12-16-6-9-18(12)2)19-7-4-11(5-8-19)13(20)21-3/h6,9,11H,4-5,7-8,10H2,1-3H3,(H,15,17). The Morgan fingerprint density at radius 1 is 1.52 bits per heavy atom. The Balaban J connectivity index is 1.86. The Hall–Kier alpha value is -2.05. The molecule has 0 saturated carbocycles. The van der Waals surface area contributed by atoms with Crippen LogP contribution in [0.2, 0.25) is 0 Å². The Morgan fingerprint density at radius 3 is 2.76 bits per heavy atom. The van der Waals surface area contributed by atoms with Crippen molar-refractivity contribution >= 4 is 11.9 Å². The molecular weight excluding hydrogens is 270 g/mol. The Labute approximate surface area is 125 Å². The van der Waals surface area contributed by atoms with Gasteiger partial charge in [-0.2, -0.15) is 0 Å². The van der Waals surface area contributed by atoms with Gasteiger partial charge in [0.05, 0.1) is 19.6 Å². The molecule has 7 nitrogen and oxygen atoms in total. The van der Waals surface area contributed by atoms with Crippen LogP contribution in [-0.4, -0.2) is 53.6 Å². The van der Waals surface area contributed by atoms with Crippen LogP contribution in [0.15, 0.2) is 17.4 Å². The molecule has 7 heteroatoms. The molecule has 1 aromatic heterocycles. The highest BCUT2D eigenvalue weighted by atomic mass is 16.5. The SMILES string of the molecule is CN=C(NCc1nccn1C)N1CCC(C(=O)OC)CC1. The van der Waals surface area contributed by atoms with Crippen LogP contribution in [0, 0.1) is 5.92 Å². The lowest BCUT2D eigenvalue weighted by molar-refractivity contribution is -0.146. The molecule has 2 heterocycles. The first-order valence-corrected chi connectivity index (χ1v) is 7.15. The third kappa shape index (κ3) is 3.74. The molecule has 0 spiro atoms. The van der Waals surface area contributed by atoms with E-state index in [9.17, 15) is 4.79 Å². The maximum absolute atomic E-state index is 11.5. The normalized spacial score (nSPS) is 16.9. The molecule has 0 unspecified atom stereocenters. The number of rotatable bonds is 3. The van der Waals surface area contributed by atoms with Gasteiger partial charge in [-0.25, -0.2) is 4.98 Å². The van der Waals surface area contributed by atoms with Crippen molar-refractivity contribution in [1.29, 1.82) is 0 Å². The summed E-state index contributed by atoms with van der Waals surface area (Å²) in [7, 11) is 5.18. The summed E-state index contributed by atoms with van der Waals surface area (Å²) < 4.78 is 6.78. The molecule has 0 amide bonds. The summed E-state index contributed by atoms with van der Waals surface area (Å²) in [5.74, 6) is 1.71. The van der Waals surface area contributed by atoms with Crippen LogP contribution in [0.4, 0.5) is 0 Å². The van der Waals surface area contributed by atoms with Gasteiger partial charge in [0, 0.05) is 39.6 Å². The molecule has 1 saturated heterocycles. The highest BCUT2D eigenvalue weighted by molar-refractivity contribution is 5.80. The predicted molar refractivity (Wildman–Crippen MR) is 79.7 cm³/mol. The number of imidazole rings is 1. The largest absolute Gasteiger partial charge is 0.469 e. The van der Waals surface area contributed by atoms with Crippen molar-refractivity contribution in [2.24, 2.45) is 18.0 Å². The van der Waals surface area contributed by atoms with Gasteiger partial charge >= 0.3 is 5.97 Å². The summed E-state index contributed by atoms with van der Waals surface area (Å²) in [6, 6.07) is 0. The topological polar surface area (TPSA) is 71.8 Å². The number of guanidine groups is 1. The van der Waals surface area contributed by atoms with Crippen LogP contribution in [0.1, 0.15) is 18.7 Å². The summed E-state index contributed by atoms with van der Waals surface area (Å²) in [4.78, 5) is 22.3. The summed E-state index contributed by atoms with van der Waals surface area (Å²) in [5.41, 5.74) is 0. The van der Waals surface area contributed by atoms with Crippen molar-refractivity contribution in [1.82, 2.24) is 19.8 Å². The van der Waals surface area contributed by atoms with Crippen LogP contribution in [0.3, 0.4) is 0 Å². The Morgan fingerprint density at radius 2 is 2.24 bits per heavy atom. The van der Waals surface area contributed by atoms with Gasteiger partial charge in [-0.3, -0.25) is 9.79 Å². The van der Waals surface area contributed by atoms with E-state index in [1.54, 1.807) is 13.2 Å². The predicted octanol–water partition coefficient (Wildman–Crippen LogP) is 0.380. The van der Waals surface area contributed by atoms with Crippen molar-refractivity contribution in [3.05, 3.63) is 18.2 Å². The van der Waals surface area contributed by atoms with E-state index in [1.807, 2.05) is 17.8 Å². The second-order valence-electron chi connectivity index (χ2n) is 5.14. The quantitative estimate of drug-likeness (QED) is 0.495. The molecule has 0 atom stereocenters. The lowest BCUT2D eigenvalue weighted by Gasteiger charge is -2.33. The fraction of sp³-hybridized carbons (Fsp3) is 0.643. The lowest BCUT2D eigenvalue weighted by Crippen LogP contribution is -2.46. The average Bonchev–Trinajstić information content (AvgIpc) is 2.93. The van der Waals surface area contributed by atoms with Crippen LogP contribution in [0.25, 0.3) is 0 Å². The van der Waals surface area contributed by atoms with Gasteiger partial charge in [0.25, 0.3) is 0 Å². The van der Waals surface area contributed by atoms with Crippen molar-refractivity contribution < 1.29 is 9.53 Å². The highest BCUT2D eigenvalue weighted by Crippen LogP contribution is 2.18. The van der Waals surface area contributed by atoms with Gasteiger partial charge in [-0.1, -0.05) is 0 Å². The van der Waals surface area contributed by atoms with E-state index in [4.69, 9.17) is 4.74 Å². The minimum atomic E-state index is -0.106. The summed E-state index contributed by atoms with van der Waals surface area (Å²) in [6.45, 7) is 2.24. The first-order chi connectivity index (χ1) is 10.2. The fourth-order valence-electron chi connectivity index (χ4n) is 2.55. The minimum Gasteiger partial charge on any atom is -0.469 e. The number of hydrogen-bond acceptors (Lipinski definition) is 4. The molecule has 21 heavy (non-hydrogen) atoms. The van der Waals surface area contributed by atoms with Crippen molar-refractivity contribution in [3.63, 3.8) is 0 Å². The zero-order valence-electron chi connectivity index (χ0n) is 12.9. The molecule has 1 aliphatic heterocycles. The van der Waals surface area contributed by atoms with Crippen LogP contribution in [-0.2, 0) is 23.1 Å². The molecule has 2 rings (SSSR count). The van der Waals surface area contributed by atoms with Crippen LogP contribution >= 0.6 is 0 Å². The molecule has 1 fully saturated rings. The number of ether oxygens (including phenoxy) is 1. The number of esters is 1. The summed E-state index contributed by atoms with van der Waals surface area (Å²) in [5, 5.41) is 3.32. The summed E-state index contributed by atoms with van der Waals surface area (Å²) in [6.07, 6.45) is 5.30. The van der Waals surface area contributed by atoms with E-state index in [0.717, 1.165) is 37.7 Å². The maximum Gasteiger partial charge on any atom is 0.308 e. The second kappa shape index (κ2) is 7.10. The molecule has 116 valence electrons. The highest BCUT2D eigenvalue weighted by Gasteiger charge is 2.26. The van der Waals surface area contributed by atoms with E-state index >= 15 is 0 Å². The number of nitrogens with one attached hydrogen (secondary N) is 1. The van der Waals surface area contributed by atoms with E-state index in [2.05, 4.69) is 20.2 Å². The Kier molecular flexibility index (Phi) is 5.19. The molecule has 1 N–H and O–H groups in total. The van der Waals surface area contributed by atoms with Gasteiger partial charge in [-0.05, 0) is 12.8 Å². The summed E-state index contributed by atoms with van der Waals surface area (Å²) >= 11 is 0. The number of carbonyl (C=O) groups is 1. The molecule has 0 bridgehead atoms. The number of aromatic nitrogens is 2. The number of piperidine rings is 1. The van der Waals surface area contributed by atoms with E-state index in [-0.39, 0.29) is 11.9 Å². The van der Waals surface area contributed by atoms with Crippen molar-refractivity contribution in [2.45, 2.75) is 19.4 Å². The molecule has 1 aromatic rings. The third-order valence-corrected chi connectivity index (χ3v) is 3.87. The average molecular weight is 293 g/mol. The fourth-order valence-corrected chi connectivity index (χ4v) is 2.55. The molecule has 1 aliphatic rings. The monoisotopic (exact) mass is 293 g/mol. The van der Waals surface area contributed by atoms with Crippen LogP contribution < -0.4 is 5.32 Å². The number of carbonyl (C=O) groups excluding carboxylic acids is 1. The number of nitrogens with zero attached hydrogens (tertiary/aromatic N) is 4. The first kappa shape index (κ1) is 15.3. The van der Waals surface area contributed by atoms with Crippen molar-refractivity contribution in [2.75, 3.05) is 27.2 Å². The zero-order chi connectivity index (χ0) is 15.2. The van der Waals surface area contributed by atoms with Crippen LogP contribution in [0.5, 0.6) is 0 Å². The lowest BCUT2D eigenvalue weighted by atomic mass is 9.97. The molecular formula is C14H23N5O2. The number of aliphatic imine (C=N–C) groups is 1. The van der Waals surface area contributed by atoms with Crippen molar-refractivity contribution in [3.8, 4) is 0 Å². The Bertz CT molecular complexity index is 503. The van der Waals surface area contributed by atoms with E-state index in [1.165, 1.54) is 7.11 Å². The first-order valence-electron chi connectivity index (χ1n) is 7.15. The smallest absolute Gasteiger partial charge is 0.308 e. The zero-order valence-corrected chi connectivity index (χ0v) is 12.9. The number of hydrogen-bond donors (Lipinski definition) is 1. The van der Waals surface area contributed by atoms with Gasteiger partial charge in [-0.15, -0.1) is 0 Å². The van der Waals surface area contributed by atoms with E-state index < -0.39 is 0 Å². The molecule has 0 radical (unpaired) electrons. The number of aryl methyl sites for hydroxylation is 1. The third-order valence-electron chi connectivity index (χ3n) is 3.87. The molecule has 0 aromatic carbocycles. The van der Waals surface area contributed by atoms with Gasteiger partial charge in [0.1, 0.15) is 5.82 Å². The maximum atomic E-state index is 11.5. The second-order valence-corrected chi connectivity index (χ2v) is 5.14. The van der Waals surface area contributed by atoms with Gasteiger partial charge < -0.3 is 19.5 Å². The number of likely N-dealkylation sites (tertiary alicyclic amines) is 1. The van der Waals surface area contributed by atoms with Gasteiger partial charge in [0.2, 0.25) is 0 Å². The number of methoxy groups -OCH3 is 1. The van der Waals surface area contributed by atoms with Gasteiger partial charge in [0.15, 0.2) is 5.96 Å². The minimum absolute atomic E-state index is 0.0129. The molecule has 0 aliphatic carbocycles. The van der Waals surface area contributed by atoms with E-state index in [0.29, 0.717) is 6.54 Å².